The van der Waals surface area contributed by atoms with Crippen LogP contribution < -0.4 is 5.32 Å². The number of benzene rings is 2. The molecule has 0 fully saturated rings. The number of H-pyrrole nitrogens is 1. The molecule has 0 unspecified atom stereocenters. The number of nitrogens with zero attached hydrogens (tertiary/aromatic N) is 1. The third-order valence-corrected chi connectivity index (χ3v) is 4.39. The van der Waals surface area contributed by atoms with E-state index in [9.17, 15) is 9.18 Å². The van der Waals surface area contributed by atoms with Gasteiger partial charge in [0, 0.05) is 16.6 Å². The molecule has 0 radical (unpaired) electrons. The number of hydrogen-bond donors (Lipinski definition) is 2. The molecule has 2 N–H and O–H groups in total. The first-order valence-electron chi connectivity index (χ1n) is 7.49. The van der Waals surface area contributed by atoms with Crippen molar-refractivity contribution in [3.05, 3.63) is 51.5 Å². The van der Waals surface area contributed by atoms with Crippen molar-refractivity contribution in [1.29, 1.82) is 0 Å². The molecule has 0 aliphatic carbocycles. The number of nitrogens with one attached hydrogen (secondary N) is 2. The molecule has 0 saturated heterocycles. The fourth-order valence-corrected chi connectivity index (χ4v) is 3.10. The lowest BCUT2D eigenvalue weighted by Crippen LogP contribution is -2.12. The minimum atomic E-state index is -0.627. The van der Waals surface area contributed by atoms with Crippen molar-refractivity contribution in [3.63, 3.8) is 0 Å². The first-order valence-corrected chi connectivity index (χ1v) is 8.67. The van der Waals surface area contributed by atoms with E-state index in [-0.39, 0.29) is 29.2 Å². The zero-order valence-electron chi connectivity index (χ0n) is 13.2. The van der Waals surface area contributed by atoms with Gasteiger partial charge in [0.2, 0.25) is 0 Å². The molecule has 0 saturated carbocycles. The van der Waals surface area contributed by atoms with Crippen LogP contribution in [0.3, 0.4) is 0 Å². The second-order valence-corrected chi connectivity index (χ2v) is 6.54. The molecule has 0 spiro atoms. The van der Waals surface area contributed by atoms with Crippen molar-refractivity contribution in [3.8, 4) is 0 Å². The zero-order valence-corrected chi connectivity index (χ0v) is 15.5. The summed E-state index contributed by atoms with van der Waals surface area (Å²) in [6, 6.07) is 6.69. The number of ether oxygens (including phenoxy) is 1. The first-order chi connectivity index (χ1) is 12.0. The van der Waals surface area contributed by atoms with Crippen molar-refractivity contribution in [2.45, 2.75) is 6.92 Å². The number of halogens is 3. The van der Waals surface area contributed by atoms with E-state index in [0.717, 1.165) is 4.47 Å². The van der Waals surface area contributed by atoms with Crippen LogP contribution in [0.4, 0.5) is 15.8 Å². The SMILES string of the molecule is CCOCC(=O)c1cc2[nH]cnc2c(F)c1Nc1ccc(Br)cc1Cl. The maximum absolute atomic E-state index is 15.0. The fourth-order valence-electron chi connectivity index (χ4n) is 2.38. The molecule has 0 aliphatic heterocycles. The van der Waals surface area contributed by atoms with Crippen LogP contribution in [0.1, 0.15) is 17.3 Å². The Labute approximate surface area is 156 Å². The van der Waals surface area contributed by atoms with Crippen LogP contribution in [0.2, 0.25) is 5.02 Å². The van der Waals surface area contributed by atoms with Crippen molar-refractivity contribution >= 4 is 55.7 Å². The van der Waals surface area contributed by atoms with Crippen LogP contribution in [0.5, 0.6) is 0 Å². The van der Waals surface area contributed by atoms with E-state index in [4.69, 9.17) is 16.3 Å². The summed E-state index contributed by atoms with van der Waals surface area (Å²) in [5.41, 5.74) is 1.24. The molecule has 0 bridgehead atoms. The maximum Gasteiger partial charge on any atom is 0.190 e. The highest BCUT2D eigenvalue weighted by Gasteiger charge is 2.21. The molecule has 3 aromatic rings. The van der Waals surface area contributed by atoms with Gasteiger partial charge >= 0.3 is 0 Å². The molecule has 1 aromatic heterocycles. The monoisotopic (exact) mass is 425 g/mol. The summed E-state index contributed by atoms with van der Waals surface area (Å²) in [6.45, 7) is 2.03. The number of hydrogen-bond acceptors (Lipinski definition) is 4. The van der Waals surface area contributed by atoms with Gasteiger partial charge in [-0.25, -0.2) is 9.37 Å². The Morgan fingerprint density at radius 2 is 2.24 bits per heavy atom. The lowest BCUT2D eigenvalue weighted by atomic mass is 10.1. The summed E-state index contributed by atoms with van der Waals surface area (Å²) < 4.78 is 20.9. The zero-order chi connectivity index (χ0) is 18.0. The minimum Gasteiger partial charge on any atom is -0.374 e. The number of Topliss-reactive ketones (excluding diaryl/α,β-unsaturated/α-hetero) is 1. The lowest BCUT2D eigenvalue weighted by Gasteiger charge is -2.14. The molecule has 2 aromatic carbocycles. The van der Waals surface area contributed by atoms with Gasteiger partial charge in [-0.15, -0.1) is 0 Å². The maximum atomic E-state index is 15.0. The van der Waals surface area contributed by atoms with Gasteiger partial charge in [-0.1, -0.05) is 27.5 Å². The average Bonchev–Trinajstić information content (AvgIpc) is 3.05. The topological polar surface area (TPSA) is 67.0 Å². The molecule has 130 valence electrons. The van der Waals surface area contributed by atoms with Gasteiger partial charge < -0.3 is 15.0 Å². The van der Waals surface area contributed by atoms with Gasteiger partial charge in [0.25, 0.3) is 0 Å². The fraction of sp³-hybridized carbons (Fsp3) is 0.176. The summed E-state index contributed by atoms with van der Waals surface area (Å²) in [4.78, 5) is 19.2. The highest BCUT2D eigenvalue weighted by Crippen LogP contribution is 2.34. The Hall–Kier alpha value is -1.96. The predicted octanol–water partition coefficient (Wildman–Crippen LogP) is 5.08. The van der Waals surface area contributed by atoms with Crippen LogP contribution in [0, 0.1) is 5.82 Å². The third kappa shape index (κ3) is 3.68. The number of rotatable bonds is 6. The van der Waals surface area contributed by atoms with E-state index >= 15 is 0 Å². The molecular formula is C17H14BrClFN3O2. The highest BCUT2D eigenvalue weighted by molar-refractivity contribution is 9.10. The Bertz CT molecular complexity index is 945. The smallest absolute Gasteiger partial charge is 0.190 e. The van der Waals surface area contributed by atoms with Gasteiger partial charge in [-0.2, -0.15) is 0 Å². The van der Waals surface area contributed by atoms with Crippen LogP contribution in [-0.2, 0) is 4.74 Å². The highest BCUT2D eigenvalue weighted by atomic mass is 79.9. The second-order valence-electron chi connectivity index (χ2n) is 5.22. The van der Waals surface area contributed by atoms with E-state index in [2.05, 4.69) is 31.2 Å². The van der Waals surface area contributed by atoms with Crippen molar-refractivity contribution in [1.82, 2.24) is 9.97 Å². The summed E-state index contributed by atoms with van der Waals surface area (Å²) in [7, 11) is 0. The van der Waals surface area contributed by atoms with Gasteiger partial charge in [0.15, 0.2) is 11.6 Å². The largest absolute Gasteiger partial charge is 0.374 e. The van der Waals surface area contributed by atoms with Crippen LogP contribution in [0.25, 0.3) is 11.0 Å². The minimum absolute atomic E-state index is 0.0218. The number of carbonyl (C=O) groups excluding carboxylic acids is 1. The number of aromatic nitrogens is 2. The average molecular weight is 427 g/mol. The van der Waals surface area contributed by atoms with Crippen LogP contribution in [-0.4, -0.2) is 29.0 Å². The van der Waals surface area contributed by atoms with E-state index < -0.39 is 5.82 Å². The van der Waals surface area contributed by atoms with Gasteiger partial charge in [-0.05, 0) is 31.2 Å². The standard InChI is InChI=1S/C17H14BrClFN3O2/c1-2-25-7-14(24)10-6-13-17(22-8-21-13)15(20)16(10)23-12-4-3-9(18)5-11(12)19/h3-6,8,23H,2,7H2,1H3,(H,21,22). The molecular weight excluding hydrogens is 413 g/mol. The first kappa shape index (κ1) is 17.8. The van der Waals surface area contributed by atoms with E-state index in [1.807, 2.05) is 0 Å². The molecule has 1 heterocycles. The van der Waals surface area contributed by atoms with Gasteiger partial charge in [0.05, 0.1) is 28.2 Å². The summed E-state index contributed by atoms with van der Waals surface area (Å²) in [5.74, 6) is -0.967. The van der Waals surface area contributed by atoms with Crippen molar-refractivity contribution in [2.75, 3.05) is 18.5 Å². The summed E-state index contributed by atoms with van der Waals surface area (Å²) >= 11 is 9.52. The molecule has 0 amide bonds. The van der Waals surface area contributed by atoms with Gasteiger partial charge in [0.1, 0.15) is 12.1 Å². The number of anilines is 2. The molecule has 0 atom stereocenters. The van der Waals surface area contributed by atoms with Crippen LogP contribution >= 0.6 is 27.5 Å². The Kier molecular flexibility index (Phi) is 5.36. The Balaban J connectivity index is 2.10. The van der Waals surface area contributed by atoms with E-state index in [1.165, 1.54) is 6.33 Å². The Morgan fingerprint density at radius 1 is 1.44 bits per heavy atom. The predicted molar refractivity (Wildman–Crippen MR) is 99.3 cm³/mol. The molecule has 0 aliphatic rings. The van der Waals surface area contributed by atoms with Crippen LogP contribution in [0.15, 0.2) is 35.1 Å². The lowest BCUT2D eigenvalue weighted by molar-refractivity contribution is 0.0784. The quantitative estimate of drug-likeness (QED) is 0.539. The van der Waals surface area contributed by atoms with E-state index in [1.54, 1.807) is 31.2 Å². The number of aromatic amines is 1. The van der Waals surface area contributed by atoms with E-state index in [0.29, 0.717) is 22.8 Å². The summed E-state index contributed by atoms with van der Waals surface area (Å²) in [6.07, 6.45) is 1.38. The molecule has 8 heteroatoms. The van der Waals surface area contributed by atoms with Crippen molar-refractivity contribution < 1.29 is 13.9 Å². The molecule has 3 rings (SSSR count). The number of carbonyl (C=O) groups is 1. The third-order valence-electron chi connectivity index (χ3n) is 3.58. The number of imidazole rings is 1. The molecule has 5 nitrogen and oxygen atoms in total. The number of fused-ring (bicyclic) bond motifs is 1. The van der Waals surface area contributed by atoms with Crippen molar-refractivity contribution in [2.24, 2.45) is 0 Å². The number of ketones is 1. The second kappa shape index (κ2) is 7.51. The summed E-state index contributed by atoms with van der Waals surface area (Å²) in [5, 5.41) is 3.31. The Morgan fingerprint density at radius 3 is 2.96 bits per heavy atom. The normalized spacial score (nSPS) is 11.0. The van der Waals surface area contributed by atoms with Gasteiger partial charge in [-0.3, -0.25) is 4.79 Å². The molecule has 25 heavy (non-hydrogen) atoms.